The molecule has 0 atom stereocenters. The smallest absolute Gasteiger partial charge is 0.316 e. The lowest BCUT2D eigenvalue weighted by atomic mass is 10.7. The maximum absolute atomic E-state index is 10.7. The van der Waals surface area contributed by atoms with Gasteiger partial charge in [0.1, 0.15) is 13.2 Å². The van der Waals surface area contributed by atoms with Crippen molar-refractivity contribution >= 4 is 23.7 Å². The van der Waals surface area contributed by atoms with Gasteiger partial charge < -0.3 is 9.47 Å². The first-order chi connectivity index (χ1) is 5.66. The first-order valence-electron chi connectivity index (χ1n) is 3.44. The van der Waals surface area contributed by atoms with E-state index in [4.69, 9.17) is 4.74 Å². The summed E-state index contributed by atoms with van der Waals surface area (Å²) in [6, 6.07) is 0. The molecule has 0 N–H and O–H groups in total. The van der Waals surface area contributed by atoms with Crippen molar-refractivity contribution in [3.05, 3.63) is 0 Å². The van der Waals surface area contributed by atoms with E-state index >= 15 is 0 Å². The van der Waals surface area contributed by atoms with Gasteiger partial charge in [0, 0.05) is 6.92 Å². The van der Waals surface area contributed by atoms with Gasteiger partial charge in [0.2, 0.25) is 0 Å². The van der Waals surface area contributed by atoms with Gasteiger partial charge in [-0.25, -0.2) is 0 Å². The van der Waals surface area contributed by atoms with Gasteiger partial charge in [-0.15, -0.1) is 0 Å². The van der Waals surface area contributed by atoms with Gasteiger partial charge in [-0.3, -0.25) is 9.59 Å². The third kappa shape index (κ3) is 7.40. The van der Waals surface area contributed by atoms with E-state index in [0.717, 1.165) is 0 Å². The molecule has 0 aliphatic rings. The number of hydrogen-bond donors (Lipinski definition) is 0. The Morgan fingerprint density at radius 2 is 1.83 bits per heavy atom. The molecule has 0 radical (unpaired) electrons. The van der Waals surface area contributed by atoms with Crippen LogP contribution >= 0.6 is 11.8 Å². The van der Waals surface area contributed by atoms with Gasteiger partial charge >= 0.3 is 11.9 Å². The average molecular weight is 192 g/mol. The molecule has 0 unspecified atom stereocenters. The quantitative estimate of drug-likeness (QED) is 0.468. The molecule has 5 heteroatoms. The molecule has 12 heavy (non-hydrogen) atoms. The zero-order valence-electron chi connectivity index (χ0n) is 7.16. The van der Waals surface area contributed by atoms with Crippen LogP contribution < -0.4 is 0 Å². The largest absolute Gasteiger partial charge is 0.462 e. The zero-order valence-corrected chi connectivity index (χ0v) is 7.98. The van der Waals surface area contributed by atoms with Crippen molar-refractivity contribution in [2.75, 3.05) is 25.2 Å². The first kappa shape index (κ1) is 11.3. The lowest BCUT2D eigenvalue weighted by molar-refractivity contribution is -0.149. The summed E-state index contributed by atoms with van der Waals surface area (Å²) in [5.74, 6) is -0.314. The van der Waals surface area contributed by atoms with E-state index in [1.807, 2.05) is 6.26 Å². The molecule has 0 amide bonds. The first-order valence-corrected chi connectivity index (χ1v) is 4.84. The average Bonchev–Trinajstić information content (AvgIpc) is 1.98. The van der Waals surface area contributed by atoms with E-state index in [-0.39, 0.29) is 25.2 Å². The minimum Gasteiger partial charge on any atom is -0.462 e. The second-order valence-electron chi connectivity index (χ2n) is 1.99. The van der Waals surface area contributed by atoms with Crippen molar-refractivity contribution in [1.29, 1.82) is 0 Å². The summed E-state index contributed by atoms with van der Waals surface area (Å²) in [5, 5.41) is 0. The van der Waals surface area contributed by atoms with Crippen LogP contribution in [0.4, 0.5) is 0 Å². The number of carbonyl (C=O) groups is 2. The van der Waals surface area contributed by atoms with Gasteiger partial charge in [0.25, 0.3) is 0 Å². The van der Waals surface area contributed by atoms with Crippen LogP contribution in [-0.2, 0) is 19.1 Å². The van der Waals surface area contributed by atoms with Crippen LogP contribution in [0.3, 0.4) is 0 Å². The van der Waals surface area contributed by atoms with Gasteiger partial charge in [0.05, 0.1) is 5.75 Å². The normalized spacial score (nSPS) is 9.17. The summed E-state index contributed by atoms with van der Waals surface area (Å²) in [6.45, 7) is 1.58. The van der Waals surface area contributed by atoms with Crippen molar-refractivity contribution in [2.24, 2.45) is 0 Å². The highest BCUT2D eigenvalue weighted by Crippen LogP contribution is 1.92. The van der Waals surface area contributed by atoms with E-state index < -0.39 is 0 Å². The van der Waals surface area contributed by atoms with Crippen LogP contribution in [0.5, 0.6) is 0 Å². The molecule has 0 aromatic heterocycles. The Kier molecular flexibility index (Phi) is 6.55. The molecule has 0 spiro atoms. The maximum Gasteiger partial charge on any atom is 0.316 e. The van der Waals surface area contributed by atoms with E-state index in [1.54, 1.807) is 0 Å². The van der Waals surface area contributed by atoms with Gasteiger partial charge in [-0.1, -0.05) is 0 Å². The molecular weight excluding hydrogens is 180 g/mol. The standard InChI is InChI=1S/C7H12O4S/c1-6(8)10-3-4-11-7(9)5-12-2/h3-5H2,1-2H3. The predicted molar refractivity (Wildman–Crippen MR) is 46.0 cm³/mol. The molecule has 70 valence electrons. The fourth-order valence-corrected chi connectivity index (χ4v) is 0.819. The van der Waals surface area contributed by atoms with Gasteiger partial charge in [-0.05, 0) is 6.26 Å². The van der Waals surface area contributed by atoms with Crippen LogP contribution in [0.1, 0.15) is 6.92 Å². The molecule has 0 heterocycles. The fourth-order valence-electron chi connectivity index (χ4n) is 0.500. The Hall–Kier alpha value is -0.710. The molecule has 0 aliphatic heterocycles. The minimum absolute atomic E-state index is 0.134. The molecule has 0 fully saturated rings. The fraction of sp³-hybridized carbons (Fsp3) is 0.714. The number of ether oxygens (including phenoxy) is 2. The maximum atomic E-state index is 10.7. The van der Waals surface area contributed by atoms with Crippen LogP contribution in [-0.4, -0.2) is 37.2 Å². The summed E-state index contributed by atoms with van der Waals surface area (Å²) < 4.78 is 9.24. The molecule has 4 nitrogen and oxygen atoms in total. The van der Waals surface area contributed by atoms with Crippen LogP contribution in [0.2, 0.25) is 0 Å². The summed E-state index contributed by atoms with van der Waals surface area (Å²) in [7, 11) is 0. The summed E-state index contributed by atoms with van der Waals surface area (Å²) in [6.07, 6.45) is 1.81. The highest BCUT2D eigenvalue weighted by Gasteiger charge is 2.00. The second kappa shape index (κ2) is 6.97. The highest BCUT2D eigenvalue weighted by atomic mass is 32.2. The van der Waals surface area contributed by atoms with E-state index in [1.165, 1.54) is 18.7 Å². The lowest BCUT2D eigenvalue weighted by Gasteiger charge is -2.03. The molecule has 0 aromatic rings. The summed E-state index contributed by atoms with van der Waals surface area (Å²) in [5.41, 5.74) is 0. The Morgan fingerprint density at radius 1 is 1.25 bits per heavy atom. The molecule has 0 rings (SSSR count). The highest BCUT2D eigenvalue weighted by molar-refractivity contribution is 7.99. The van der Waals surface area contributed by atoms with E-state index in [9.17, 15) is 9.59 Å². The Bertz CT molecular complexity index is 157. The number of rotatable bonds is 5. The monoisotopic (exact) mass is 192 g/mol. The SMILES string of the molecule is CSCC(=O)OCCOC(C)=O. The summed E-state index contributed by atoms with van der Waals surface area (Å²) >= 11 is 1.39. The van der Waals surface area contributed by atoms with Crippen molar-refractivity contribution in [3.8, 4) is 0 Å². The second-order valence-corrected chi connectivity index (χ2v) is 2.86. The number of thioether (sulfide) groups is 1. The zero-order chi connectivity index (χ0) is 9.40. The minimum atomic E-state index is -0.365. The molecule has 0 saturated heterocycles. The third-order valence-corrected chi connectivity index (χ3v) is 1.44. The van der Waals surface area contributed by atoms with Crippen molar-refractivity contribution in [3.63, 3.8) is 0 Å². The number of esters is 2. The van der Waals surface area contributed by atoms with Crippen LogP contribution in [0, 0.1) is 0 Å². The molecule has 0 saturated carbocycles. The van der Waals surface area contributed by atoms with Crippen molar-refractivity contribution < 1.29 is 19.1 Å². The molecule has 0 bridgehead atoms. The molecule has 0 aromatic carbocycles. The molecule has 0 aliphatic carbocycles. The summed E-state index contributed by atoms with van der Waals surface area (Å²) in [4.78, 5) is 21.0. The van der Waals surface area contributed by atoms with Gasteiger partial charge in [0.15, 0.2) is 0 Å². The Morgan fingerprint density at radius 3 is 2.33 bits per heavy atom. The molecular formula is C7H12O4S. The Balaban J connectivity index is 3.19. The van der Waals surface area contributed by atoms with E-state index in [0.29, 0.717) is 5.75 Å². The predicted octanol–water partition coefficient (Wildman–Crippen LogP) is 0.456. The lowest BCUT2D eigenvalue weighted by Crippen LogP contribution is -2.13. The van der Waals surface area contributed by atoms with Crippen LogP contribution in [0.15, 0.2) is 0 Å². The van der Waals surface area contributed by atoms with Crippen molar-refractivity contribution in [1.82, 2.24) is 0 Å². The topological polar surface area (TPSA) is 52.6 Å². The van der Waals surface area contributed by atoms with Crippen molar-refractivity contribution in [2.45, 2.75) is 6.92 Å². The van der Waals surface area contributed by atoms with Crippen LogP contribution in [0.25, 0.3) is 0 Å². The number of hydrogen-bond acceptors (Lipinski definition) is 5. The number of carbonyl (C=O) groups excluding carboxylic acids is 2. The Labute approximate surface area is 75.6 Å². The van der Waals surface area contributed by atoms with Gasteiger partial charge in [-0.2, -0.15) is 11.8 Å². The third-order valence-electron chi connectivity index (χ3n) is 0.914. The van der Waals surface area contributed by atoms with E-state index in [2.05, 4.69) is 4.74 Å².